The van der Waals surface area contributed by atoms with Crippen LogP contribution in [0.4, 0.5) is 20.7 Å². The van der Waals surface area contributed by atoms with E-state index in [1.54, 1.807) is 39.8 Å². The van der Waals surface area contributed by atoms with Crippen molar-refractivity contribution in [2.75, 3.05) is 50.6 Å². The quantitative estimate of drug-likeness (QED) is 0.365. The van der Waals surface area contributed by atoms with Gasteiger partial charge in [-0.25, -0.2) is 9.18 Å². The summed E-state index contributed by atoms with van der Waals surface area (Å²) in [5.41, 5.74) is 3.63. The first kappa shape index (κ1) is 46.2. The SMILES string of the molecule is CC(C)(C)[O-].C[C@H]1CC[C@]2(Cc3nc(OC[C@@]45CCCN4C[C@H](F)C5)nc(N4CCCn5nc(C(=O)N(C)C)cc5C4)c3CO2)c2cc(NC(=O)OC(C)(C)C)ccc21.[Na+]. The second-order valence-electron chi connectivity index (χ2n) is 19.3. The zero-order valence-corrected chi connectivity index (χ0v) is 39.3. The molecule has 0 radical (unpaired) electrons. The molecule has 1 aliphatic carbocycles. The summed E-state index contributed by atoms with van der Waals surface area (Å²) in [5, 5.41) is 17.7. The fraction of sp³-hybridized carbons (Fsp3) is 0.659. The minimum atomic E-state index is -0.861. The number of nitrogens with zero attached hydrogens (tertiary/aromatic N) is 7. The van der Waals surface area contributed by atoms with Crippen molar-refractivity contribution >= 4 is 23.5 Å². The van der Waals surface area contributed by atoms with E-state index in [0.29, 0.717) is 63.0 Å². The average Bonchev–Trinajstić information content (AvgIpc) is 3.77. The third kappa shape index (κ3) is 10.3. The Morgan fingerprint density at radius 2 is 1.82 bits per heavy atom. The predicted molar refractivity (Wildman–Crippen MR) is 220 cm³/mol. The van der Waals surface area contributed by atoms with Crippen molar-refractivity contribution in [2.45, 2.75) is 148 Å². The Kier molecular flexibility index (Phi) is 13.7. The zero-order chi connectivity index (χ0) is 42.5. The van der Waals surface area contributed by atoms with Crippen LogP contribution in [0, 0.1) is 0 Å². The Bertz CT molecular complexity index is 2040. The molecule has 1 N–H and O–H groups in total. The van der Waals surface area contributed by atoms with Crippen molar-refractivity contribution in [2.24, 2.45) is 0 Å². The number of fused-ring (bicyclic) bond motifs is 5. The number of hydrogen-bond acceptors (Lipinski definition) is 11. The summed E-state index contributed by atoms with van der Waals surface area (Å²) in [4.78, 5) is 41.8. The molecule has 4 aliphatic heterocycles. The number of benzene rings is 1. The summed E-state index contributed by atoms with van der Waals surface area (Å²) < 4.78 is 35.7. The maximum Gasteiger partial charge on any atom is 1.00 e. The van der Waals surface area contributed by atoms with E-state index >= 15 is 0 Å². The Labute approximate surface area is 376 Å². The van der Waals surface area contributed by atoms with Gasteiger partial charge in [-0.2, -0.15) is 15.1 Å². The van der Waals surface area contributed by atoms with E-state index in [2.05, 4.69) is 33.2 Å². The van der Waals surface area contributed by atoms with Crippen molar-refractivity contribution in [3.8, 4) is 6.01 Å². The number of aromatic nitrogens is 4. The molecule has 14 nitrogen and oxygen atoms in total. The van der Waals surface area contributed by atoms with Gasteiger partial charge in [-0.05, 0) is 94.7 Å². The Balaban J connectivity index is 0.000000951. The van der Waals surface area contributed by atoms with E-state index in [1.165, 1.54) is 5.56 Å². The molecule has 0 bridgehead atoms. The molecule has 0 unspecified atom stereocenters. The van der Waals surface area contributed by atoms with Gasteiger partial charge in [0.15, 0.2) is 5.69 Å². The van der Waals surface area contributed by atoms with Crippen molar-refractivity contribution < 1.29 is 62.9 Å². The van der Waals surface area contributed by atoms with Crippen LogP contribution < -0.4 is 49.6 Å². The normalized spacial score (nSPS) is 24.8. The van der Waals surface area contributed by atoms with Gasteiger partial charge in [0.2, 0.25) is 0 Å². The fourth-order valence-corrected chi connectivity index (χ4v) is 9.22. The first-order valence-corrected chi connectivity index (χ1v) is 21.1. The Morgan fingerprint density at radius 3 is 2.53 bits per heavy atom. The molecular formula is C44H62FN8NaO6. The molecule has 6 heterocycles. The summed E-state index contributed by atoms with van der Waals surface area (Å²) in [6.45, 7) is 16.5. The summed E-state index contributed by atoms with van der Waals surface area (Å²) in [7, 11) is 3.46. The van der Waals surface area contributed by atoms with Gasteiger partial charge in [-0.1, -0.05) is 33.8 Å². The third-order valence-corrected chi connectivity index (χ3v) is 11.9. The Morgan fingerprint density at radius 1 is 1.07 bits per heavy atom. The van der Waals surface area contributed by atoms with Gasteiger partial charge in [-0.15, -0.1) is 5.60 Å². The average molecular weight is 841 g/mol. The molecule has 5 aliphatic rings. The number of amides is 2. The number of rotatable bonds is 6. The maximum absolute atomic E-state index is 14.7. The number of carbonyl (C=O) groups excluding carboxylic acids is 2. The second-order valence-corrected chi connectivity index (χ2v) is 19.3. The third-order valence-electron chi connectivity index (χ3n) is 11.9. The smallest absolute Gasteiger partial charge is 0.850 e. The standard InChI is InChI=1S/C40H53FN8O5.C4H9O.Na/c1-25-11-13-40(31-17-27(9-10-29(25)31)42-37(51)54-38(2,3)4)20-33-30(23-53-40)34(44-36(43-33)52-24-39-12-7-15-48(39)21-26(41)19-39)47-14-8-16-49-28(22-47)18-32(45-49)35(50)46(5)6;1-4(2,3)5;/h9-10,17-18,25-26H,7-8,11-16,19-24H2,1-6H3,(H,42,51);1-3H3;/q;-1;+1/t25-,26+,39-,40-;;/m0../s1. The first-order valence-electron chi connectivity index (χ1n) is 21.1. The van der Waals surface area contributed by atoms with Crippen LogP contribution in [0.15, 0.2) is 24.3 Å². The van der Waals surface area contributed by atoms with Gasteiger partial charge in [0.1, 0.15) is 24.2 Å². The number of anilines is 2. The van der Waals surface area contributed by atoms with Gasteiger partial charge in [0, 0.05) is 57.8 Å². The molecule has 322 valence electrons. The molecule has 0 saturated carbocycles. The summed E-state index contributed by atoms with van der Waals surface area (Å²) in [5.74, 6) is 0.933. The molecule has 2 saturated heterocycles. The van der Waals surface area contributed by atoms with Crippen molar-refractivity contribution in [3.05, 3.63) is 58.0 Å². The van der Waals surface area contributed by atoms with Gasteiger partial charge in [0.25, 0.3) is 5.91 Å². The summed E-state index contributed by atoms with van der Waals surface area (Å²) in [6.07, 6.45) is 4.03. The first-order chi connectivity index (χ1) is 27.7. The molecule has 2 aromatic heterocycles. The van der Waals surface area contributed by atoms with E-state index in [-0.39, 0.29) is 47.0 Å². The van der Waals surface area contributed by atoms with Crippen LogP contribution in [-0.4, -0.2) is 105 Å². The summed E-state index contributed by atoms with van der Waals surface area (Å²) >= 11 is 0. The largest absolute Gasteiger partial charge is 1.00 e. The molecule has 2 fully saturated rings. The number of alkyl halides is 1. The fourth-order valence-electron chi connectivity index (χ4n) is 9.22. The molecule has 3 aromatic rings. The number of hydrogen-bond donors (Lipinski definition) is 1. The van der Waals surface area contributed by atoms with E-state index in [9.17, 15) is 19.1 Å². The zero-order valence-electron chi connectivity index (χ0n) is 37.3. The van der Waals surface area contributed by atoms with Gasteiger partial charge in [0.05, 0.1) is 35.7 Å². The van der Waals surface area contributed by atoms with Crippen LogP contribution >= 0.6 is 0 Å². The van der Waals surface area contributed by atoms with E-state index in [0.717, 1.165) is 73.5 Å². The number of halogens is 1. The van der Waals surface area contributed by atoms with E-state index in [4.69, 9.17) is 24.2 Å². The van der Waals surface area contributed by atoms with Crippen molar-refractivity contribution in [1.29, 1.82) is 0 Å². The van der Waals surface area contributed by atoms with Crippen LogP contribution in [0.1, 0.15) is 131 Å². The molecule has 8 rings (SSSR count). The van der Waals surface area contributed by atoms with E-state index < -0.39 is 29.1 Å². The molecule has 16 heteroatoms. The topological polar surface area (TPSA) is 150 Å². The second kappa shape index (κ2) is 17.8. The number of carbonyl (C=O) groups is 2. The minimum absolute atomic E-state index is 0. The number of ether oxygens (including phenoxy) is 3. The van der Waals surface area contributed by atoms with Gasteiger partial charge in [-0.3, -0.25) is 19.7 Å². The monoisotopic (exact) mass is 840 g/mol. The molecule has 1 aromatic carbocycles. The molecular weight excluding hydrogens is 779 g/mol. The van der Waals surface area contributed by atoms with Gasteiger partial charge < -0.3 is 29.1 Å². The number of nitrogens with one attached hydrogen (secondary N) is 1. The van der Waals surface area contributed by atoms with Crippen LogP contribution in [0.2, 0.25) is 0 Å². The molecule has 2 amide bonds. The van der Waals surface area contributed by atoms with Crippen LogP contribution in [0.5, 0.6) is 6.01 Å². The number of aryl methyl sites for hydroxylation is 1. The maximum atomic E-state index is 14.7. The summed E-state index contributed by atoms with van der Waals surface area (Å²) in [6, 6.07) is 8.22. The van der Waals surface area contributed by atoms with E-state index in [1.807, 2.05) is 43.7 Å². The van der Waals surface area contributed by atoms with Gasteiger partial charge >= 0.3 is 41.7 Å². The predicted octanol–water partition coefficient (Wildman–Crippen LogP) is 3.10. The van der Waals surface area contributed by atoms with Crippen LogP contribution in [0.25, 0.3) is 0 Å². The minimum Gasteiger partial charge on any atom is -0.850 e. The van der Waals surface area contributed by atoms with Crippen molar-refractivity contribution in [1.82, 2.24) is 29.5 Å². The molecule has 1 spiro atoms. The molecule has 4 atom stereocenters. The Hall–Kier alpha value is -3.34. The van der Waals surface area contributed by atoms with Crippen LogP contribution in [0.3, 0.4) is 0 Å². The van der Waals surface area contributed by atoms with Crippen LogP contribution in [-0.2, 0) is 41.2 Å². The molecule has 60 heavy (non-hydrogen) atoms. The van der Waals surface area contributed by atoms with Crippen molar-refractivity contribution in [3.63, 3.8) is 0 Å².